The van der Waals surface area contributed by atoms with Crippen molar-refractivity contribution in [3.8, 4) is 11.5 Å². The van der Waals surface area contributed by atoms with E-state index < -0.39 is 11.9 Å². The quantitative estimate of drug-likeness (QED) is 0.464. The second-order valence-corrected chi connectivity index (χ2v) is 6.67. The van der Waals surface area contributed by atoms with Crippen LogP contribution in [0, 0.1) is 13.8 Å². The Bertz CT molecular complexity index is 847. The Morgan fingerprint density at radius 1 is 1.00 bits per heavy atom. The zero-order valence-corrected chi connectivity index (χ0v) is 17.5. The summed E-state index contributed by atoms with van der Waals surface area (Å²) in [5.41, 5.74) is 3.06. The normalized spacial score (nSPS) is 10.3. The van der Waals surface area contributed by atoms with E-state index in [1.54, 1.807) is 18.2 Å². The number of nitrogens with one attached hydrogen (secondary N) is 1. The summed E-state index contributed by atoms with van der Waals surface area (Å²) in [6.07, 6.45) is 1.96. The van der Waals surface area contributed by atoms with Crippen molar-refractivity contribution in [2.45, 2.75) is 40.5 Å². The molecule has 156 valence electrons. The number of aryl methyl sites for hydroxylation is 1. The van der Waals surface area contributed by atoms with Crippen LogP contribution in [-0.2, 0) is 9.53 Å². The molecule has 6 nitrogen and oxygen atoms in total. The minimum atomic E-state index is -0.595. The molecule has 0 unspecified atom stereocenters. The fourth-order valence-electron chi connectivity index (χ4n) is 2.64. The number of rotatable bonds is 10. The van der Waals surface area contributed by atoms with Crippen molar-refractivity contribution < 1.29 is 23.8 Å². The molecule has 0 bridgehead atoms. The third kappa shape index (κ3) is 6.52. The number of carbonyl (C=O) groups is 2. The fraction of sp³-hybridized carbons (Fsp3) is 0.391. The highest BCUT2D eigenvalue weighted by molar-refractivity contribution is 5.96. The van der Waals surface area contributed by atoms with Crippen LogP contribution in [0.3, 0.4) is 0 Å². The molecule has 0 spiro atoms. The van der Waals surface area contributed by atoms with Gasteiger partial charge in [0.2, 0.25) is 0 Å². The molecule has 0 aliphatic rings. The third-order valence-electron chi connectivity index (χ3n) is 4.45. The maximum atomic E-state index is 12.4. The summed E-state index contributed by atoms with van der Waals surface area (Å²) in [7, 11) is 0. The minimum Gasteiger partial charge on any atom is -0.490 e. The van der Waals surface area contributed by atoms with E-state index >= 15 is 0 Å². The second kappa shape index (κ2) is 11.1. The summed E-state index contributed by atoms with van der Waals surface area (Å²) < 4.78 is 16.4. The first-order valence-corrected chi connectivity index (χ1v) is 9.89. The zero-order chi connectivity index (χ0) is 21.2. The standard InChI is InChI=1S/C23H29NO5/c1-5-7-13-28-20-12-11-18(14-21(20)27-6-2)23(26)29-15-22(25)24-19-10-8-9-16(3)17(19)4/h8-12,14H,5-7,13,15H2,1-4H3,(H,24,25). The molecule has 1 amide bonds. The van der Waals surface area contributed by atoms with Crippen LogP contribution in [0.1, 0.15) is 48.2 Å². The molecule has 0 atom stereocenters. The van der Waals surface area contributed by atoms with Crippen molar-refractivity contribution in [3.05, 3.63) is 53.1 Å². The van der Waals surface area contributed by atoms with Crippen LogP contribution in [0.15, 0.2) is 36.4 Å². The molecule has 0 saturated carbocycles. The molecular weight excluding hydrogens is 370 g/mol. The molecule has 2 rings (SSSR count). The smallest absolute Gasteiger partial charge is 0.338 e. The number of benzene rings is 2. The lowest BCUT2D eigenvalue weighted by molar-refractivity contribution is -0.119. The molecule has 0 aliphatic heterocycles. The number of hydrogen-bond acceptors (Lipinski definition) is 5. The molecule has 29 heavy (non-hydrogen) atoms. The van der Waals surface area contributed by atoms with Crippen LogP contribution in [0.25, 0.3) is 0 Å². The summed E-state index contributed by atoms with van der Waals surface area (Å²) in [6, 6.07) is 10.5. The van der Waals surface area contributed by atoms with E-state index in [9.17, 15) is 9.59 Å². The van der Waals surface area contributed by atoms with Gasteiger partial charge in [-0.3, -0.25) is 4.79 Å². The van der Waals surface area contributed by atoms with Gasteiger partial charge in [0, 0.05) is 5.69 Å². The molecule has 0 radical (unpaired) electrons. The van der Waals surface area contributed by atoms with Crippen molar-refractivity contribution in [2.75, 3.05) is 25.1 Å². The van der Waals surface area contributed by atoms with E-state index in [0.29, 0.717) is 36.0 Å². The van der Waals surface area contributed by atoms with E-state index in [2.05, 4.69) is 12.2 Å². The Balaban J connectivity index is 1.97. The van der Waals surface area contributed by atoms with Gasteiger partial charge in [-0.15, -0.1) is 0 Å². The van der Waals surface area contributed by atoms with Gasteiger partial charge in [-0.2, -0.15) is 0 Å². The Kier molecular flexibility index (Phi) is 8.52. The van der Waals surface area contributed by atoms with Gasteiger partial charge >= 0.3 is 5.97 Å². The molecular formula is C23H29NO5. The summed E-state index contributed by atoms with van der Waals surface area (Å²) >= 11 is 0. The van der Waals surface area contributed by atoms with Crippen LogP contribution in [0.5, 0.6) is 11.5 Å². The van der Waals surface area contributed by atoms with E-state index in [1.807, 2.05) is 39.0 Å². The number of amides is 1. The molecule has 0 aromatic heterocycles. The molecule has 6 heteroatoms. The summed E-state index contributed by atoms with van der Waals surface area (Å²) in [5.74, 6) is 0.0844. The highest BCUT2D eigenvalue weighted by atomic mass is 16.5. The van der Waals surface area contributed by atoms with Crippen molar-refractivity contribution in [1.29, 1.82) is 0 Å². The highest BCUT2D eigenvalue weighted by Gasteiger charge is 2.15. The van der Waals surface area contributed by atoms with Crippen molar-refractivity contribution in [3.63, 3.8) is 0 Å². The Morgan fingerprint density at radius 2 is 1.79 bits per heavy atom. The Labute approximate surface area is 172 Å². The van der Waals surface area contributed by atoms with E-state index in [-0.39, 0.29) is 6.61 Å². The average Bonchev–Trinajstić information content (AvgIpc) is 2.71. The third-order valence-corrected chi connectivity index (χ3v) is 4.45. The first-order chi connectivity index (χ1) is 14.0. The number of esters is 1. The first kappa shape index (κ1) is 22.3. The van der Waals surface area contributed by atoms with Gasteiger partial charge in [-0.25, -0.2) is 4.79 Å². The minimum absolute atomic E-state index is 0.302. The van der Waals surface area contributed by atoms with Crippen molar-refractivity contribution in [1.82, 2.24) is 0 Å². The first-order valence-electron chi connectivity index (χ1n) is 9.89. The van der Waals surface area contributed by atoms with Crippen LogP contribution < -0.4 is 14.8 Å². The number of carbonyl (C=O) groups excluding carboxylic acids is 2. The predicted octanol–water partition coefficient (Wildman–Crippen LogP) is 4.68. The van der Waals surface area contributed by atoms with E-state index in [4.69, 9.17) is 14.2 Å². The number of unbranched alkanes of at least 4 members (excludes halogenated alkanes) is 1. The fourth-order valence-corrected chi connectivity index (χ4v) is 2.64. The molecule has 2 aromatic rings. The molecule has 0 aliphatic carbocycles. The van der Waals surface area contributed by atoms with E-state index in [1.165, 1.54) is 0 Å². The van der Waals surface area contributed by atoms with Gasteiger partial charge in [0.25, 0.3) is 5.91 Å². The van der Waals surface area contributed by atoms with Gasteiger partial charge in [0.1, 0.15) is 0 Å². The SMILES string of the molecule is CCCCOc1ccc(C(=O)OCC(=O)Nc2cccc(C)c2C)cc1OCC. The number of anilines is 1. The van der Waals surface area contributed by atoms with Gasteiger partial charge in [0.05, 0.1) is 18.8 Å². The Hall–Kier alpha value is -3.02. The van der Waals surface area contributed by atoms with Gasteiger partial charge in [-0.05, 0) is 62.6 Å². The molecule has 0 fully saturated rings. The van der Waals surface area contributed by atoms with Crippen LogP contribution in [-0.4, -0.2) is 31.7 Å². The molecule has 0 heterocycles. The summed E-state index contributed by atoms with van der Waals surface area (Å²) in [5, 5.41) is 2.77. The molecule has 0 saturated heterocycles. The predicted molar refractivity (Wildman–Crippen MR) is 113 cm³/mol. The van der Waals surface area contributed by atoms with Gasteiger partial charge < -0.3 is 19.5 Å². The number of hydrogen-bond donors (Lipinski definition) is 1. The van der Waals surface area contributed by atoms with Crippen molar-refractivity contribution >= 4 is 17.6 Å². The van der Waals surface area contributed by atoms with E-state index in [0.717, 1.165) is 24.0 Å². The molecule has 1 N–H and O–H groups in total. The highest BCUT2D eigenvalue weighted by Crippen LogP contribution is 2.29. The maximum absolute atomic E-state index is 12.4. The van der Waals surface area contributed by atoms with Crippen LogP contribution in [0.2, 0.25) is 0 Å². The largest absolute Gasteiger partial charge is 0.490 e. The lowest BCUT2D eigenvalue weighted by Crippen LogP contribution is -2.21. The Morgan fingerprint density at radius 3 is 2.52 bits per heavy atom. The van der Waals surface area contributed by atoms with Gasteiger partial charge in [0.15, 0.2) is 18.1 Å². The topological polar surface area (TPSA) is 73.9 Å². The summed E-state index contributed by atoms with van der Waals surface area (Å²) in [4.78, 5) is 24.5. The molecule has 2 aromatic carbocycles. The maximum Gasteiger partial charge on any atom is 0.338 e. The monoisotopic (exact) mass is 399 g/mol. The lowest BCUT2D eigenvalue weighted by atomic mass is 10.1. The number of ether oxygens (including phenoxy) is 3. The van der Waals surface area contributed by atoms with Crippen LogP contribution in [0.4, 0.5) is 5.69 Å². The second-order valence-electron chi connectivity index (χ2n) is 6.67. The average molecular weight is 399 g/mol. The van der Waals surface area contributed by atoms with Gasteiger partial charge in [-0.1, -0.05) is 25.5 Å². The van der Waals surface area contributed by atoms with Crippen LogP contribution >= 0.6 is 0 Å². The lowest BCUT2D eigenvalue weighted by Gasteiger charge is -2.13. The zero-order valence-electron chi connectivity index (χ0n) is 17.5. The summed E-state index contributed by atoms with van der Waals surface area (Å²) in [6.45, 7) is 8.50. The van der Waals surface area contributed by atoms with Crippen molar-refractivity contribution in [2.24, 2.45) is 0 Å².